The zero-order chi connectivity index (χ0) is 13.0. The molecule has 1 rings (SSSR count). The van der Waals surface area contributed by atoms with Gasteiger partial charge in [0.25, 0.3) is 0 Å². The summed E-state index contributed by atoms with van der Waals surface area (Å²) in [7, 11) is 2.94. The van der Waals surface area contributed by atoms with Crippen LogP contribution in [-0.4, -0.2) is 31.1 Å². The Morgan fingerprint density at radius 3 is 2.35 bits per heavy atom. The zero-order valence-corrected chi connectivity index (χ0v) is 9.94. The average molecular weight is 238 g/mol. The van der Waals surface area contributed by atoms with Crippen molar-refractivity contribution in [1.82, 2.24) is 0 Å². The molecule has 0 spiro atoms. The molecule has 0 fully saturated rings. The van der Waals surface area contributed by atoms with Gasteiger partial charge in [-0.05, 0) is 19.1 Å². The lowest BCUT2D eigenvalue weighted by molar-refractivity contribution is -0.135. The van der Waals surface area contributed by atoms with Crippen LogP contribution < -0.4 is 9.47 Å². The number of Topliss-reactive ketones (excluding diaryl/α,β-unsaturated/α-hetero) is 1. The molecule has 5 heteroatoms. The summed E-state index contributed by atoms with van der Waals surface area (Å²) in [4.78, 5) is 22.2. The van der Waals surface area contributed by atoms with E-state index in [1.54, 1.807) is 13.0 Å². The molecule has 0 amide bonds. The molecular weight excluding hydrogens is 224 g/mol. The van der Waals surface area contributed by atoms with Gasteiger partial charge in [-0.2, -0.15) is 0 Å². The molecule has 1 aromatic carbocycles. The van der Waals surface area contributed by atoms with Crippen molar-refractivity contribution in [3.63, 3.8) is 0 Å². The number of hydrogen-bond acceptors (Lipinski definition) is 4. The number of methoxy groups -OCH3 is 2. The lowest BCUT2D eigenvalue weighted by Gasteiger charge is -2.13. The number of carboxylic acids is 1. The molecule has 0 aliphatic heterocycles. The van der Waals surface area contributed by atoms with Gasteiger partial charge in [0.15, 0.2) is 5.78 Å². The summed E-state index contributed by atoms with van der Waals surface area (Å²) in [5.41, 5.74) is 0.930. The summed E-state index contributed by atoms with van der Waals surface area (Å²) in [6.07, 6.45) is -0.553. The van der Waals surface area contributed by atoms with E-state index < -0.39 is 18.2 Å². The lowest BCUT2D eigenvalue weighted by atomic mass is 10.0. The topological polar surface area (TPSA) is 72.8 Å². The molecule has 0 atom stereocenters. The quantitative estimate of drug-likeness (QED) is 0.624. The number of carboxylic acid groups (broad SMARTS) is 1. The van der Waals surface area contributed by atoms with Crippen LogP contribution >= 0.6 is 0 Å². The molecule has 0 saturated carbocycles. The van der Waals surface area contributed by atoms with Crippen LogP contribution in [0.4, 0.5) is 0 Å². The molecule has 0 aliphatic carbocycles. The predicted octanol–water partition coefficient (Wildman–Crippen LogP) is 1.67. The Balaban J connectivity index is 3.21. The Labute approximate surface area is 99.0 Å². The molecule has 0 aliphatic rings. The zero-order valence-electron chi connectivity index (χ0n) is 9.94. The van der Waals surface area contributed by atoms with Crippen molar-refractivity contribution in [1.29, 1.82) is 0 Å². The highest BCUT2D eigenvalue weighted by Gasteiger charge is 2.18. The van der Waals surface area contributed by atoms with E-state index in [1.165, 1.54) is 20.3 Å². The summed E-state index contributed by atoms with van der Waals surface area (Å²) in [5.74, 6) is -0.699. The molecule has 0 bridgehead atoms. The second-order valence-electron chi connectivity index (χ2n) is 3.47. The number of benzene rings is 1. The van der Waals surface area contributed by atoms with E-state index >= 15 is 0 Å². The second kappa shape index (κ2) is 5.34. The third kappa shape index (κ3) is 2.75. The summed E-state index contributed by atoms with van der Waals surface area (Å²) < 4.78 is 10.2. The van der Waals surface area contributed by atoms with Crippen molar-refractivity contribution in [2.24, 2.45) is 0 Å². The van der Waals surface area contributed by atoms with Crippen molar-refractivity contribution in [2.75, 3.05) is 14.2 Å². The van der Waals surface area contributed by atoms with Gasteiger partial charge in [0, 0.05) is 5.56 Å². The van der Waals surface area contributed by atoms with Crippen molar-refractivity contribution in [3.05, 3.63) is 23.3 Å². The Bertz CT molecular complexity index is 450. The van der Waals surface area contributed by atoms with Crippen LogP contribution in [0.5, 0.6) is 11.5 Å². The Morgan fingerprint density at radius 1 is 1.24 bits per heavy atom. The molecule has 0 aromatic heterocycles. The second-order valence-corrected chi connectivity index (χ2v) is 3.47. The smallest absolute Gasteiger partial charge is 0.311 e. The number of rotatable bonds is 5. The fourth-order valence-corrected chi connectivity index (χ4v) is 1.61. The molecule has 0 unspecified atom stereocenters. The summed E-state index contributed by atoms with van der Waals surface area (Å²) >= 11 is 0. The normalized spacial score (nSPS) is 9.82. The molecule has 0 heterocycles. The Hall–Kier alpha value is -2.04. The highest BCUT2D eigenvalue weighted by molar-refractivity contribution is 6.07. The van der Waals surface area contributed by atoms with Gasteiger partial charge in [-0.1, -0.05) is 0 Å². The van der Waals surface area contributed by atoms with Crippen LogP contribution in [0.15, 0.2) is 12.1 Å². The highest BCUT2D eigenvalue weighted by Crippen LogP contribution is 2.31. The maximum Gasteiger partial charge on any atom is 0.311 e. The molecular formula is C12H14O5. The molecule has 92 valence electrons. The minimum absolute atomic E-state index is 0.258. The van der Waals surface area contributed by atoms with Gasteiger partial charge in [0.1, 0.15) is 17.9 Å². The van der Waals surface area contributed by atoms with Gasteiger partial charge in [0.2, 0.25) is 0 Å². The number of carbonyl (C=O) groups is 2. The Kier molecular flexibility index (Phi) is 4.09. The third-order valence-electron chi connectivity index (χ3n) is 2.39. The Morgan fingerprint density at radius 2 is 1.88 bits per heavy atom. The van der Waals surface area contributed by atoms with Crippen LogP contribution in [0.1, 0.15) is 22.3 Å². The fraction of sp³-hybridized carbons (Fsp3) is 0.333. The van der Waals surface area contributed by atoms with Crippen LogP contribution in [0.2, 0.25) is 0 Å². The largest absolute Gasteiger partial charge is 0.496 e. The van der Waals surface area contributed by atoms with E-state index in [0.717, 1.165) is 0 Å². The lowest BCUT2D eigenvalue weighted by Crippen LogP contribution is -2.09. The fourth-order valence-electron chi connectivity index (χ4n) is 1.61. The molecule has 1 N–H and O–H groups in total. The van der Waals surface area contributed by atoms with Crippen molar-refractivity contribution in [3.8, 4) is 11.5 Å². The highest BCUT2D eigenvalue weighted by atomic mass is 16.5. The maximum atomic E-state index is 11.7. The summed E-state index contributed by atoms with van der Waals surface area (Å²) in [5, 5.41) is 8.59. The first-order valence-corrected chi connectivity index (χ1v) is 4.97. The minimum atomic E-state index is -1.16. The van der Waals surface area contributed by atoms with Crippen LogP contribution in [-0.2, 0) is 4.79 Å². The predicted molar refractivity (Wildman–Crippen MR) is 60.9 cm³/mol. The summed E-state index contributed by atoms with van der Waals surface area (Å²) in [6, 6.07) is 3.13. The number of aliphatic carboxylic acids is 1. The van der Waals surface area contributed by atoms with Crippen molar-refractivity contribution < 1.29 is 24.2 Å². The molecule has 0 saturated heterocycles. The first kappa shape index (κ1) is 13.0. The first-order chi connectivity index (χ1) is 8.01. The van der Waals surface area contributed by atoms with E-state index in [2.05, 4.69) is 0 Å². The SMILES string of the molecule is COc1ccc(C(=O)CC(=O)O)c(OC)c1C. The van der Waals surface area contributed by atoms with Gasteiger partial charge in [-0.25, -0.2) is 0 Å². The minimum Gasteiger partial charge on any atom is -0.496 e. The third-order valence-corrected chi connectivity index (χ3v) is 2.39. The summed E-state index contributed by atoms with van der Waals surface area (Å²) in [6.45, 7) is 1.75. The van der Waals surface area contributed by atoms with E-state index in [-0.39, 0.29) is 5.56 Å². The number of ketones is 1. The van der Waals surface area contributed by atoms with E-state index in [9.17, 15) is 9.59 Å². The van der Waals surface area contributed by atoms with Crippen LogP contribution in [0.3, 0.4) is 0 Å². The van der Waals surface area contributed by atoms with Gasteiger partial charge in [0.05, 0.1) is 19.8 Å². The molecule has 5 nitrogen and oxygen atoms in total. The van der Waals surface area contributed by atoms with Gasteiger partial charge in [-0.3, -0.25) is 9.59 Å². The van der Waals surface area contributed by atoms with Gasteiger partial charge >= 0.3 is 5.97 Å². The first-order valence-electron chi connectivity index (χ1n) is 4.97. The van der Waals surface area contributed by atoms with Crippen molar-refractivity contribution >= 4 is 11.8 Å². The maximum absolute atomic E-state index is 11.7. The molecule has 0 radical (unpaired) electrons. The molecule has 1 aromatic rings. The van der Waals surface area contributed by atoms with Gasteiger partial charge in [-0.15, -0.1) is 0 Å². The van der Waals surface area contributed by atoms with Crippen LogP contribution in [0, 0.1) is 6.92 Å². The van der Waals surface area contributed by atoms with E-state index in [0.29, 0.717) is 17.1 Å². The van der Waals surface area contributed by atoms with E-state index in [1.807, 2.05) is 0 Å². The number of hydrogen-bond donors (Lipinski definition) is 1. The monoisotopic (exact) mass is 238 g/mol. The number of ether oxygens (including phenoxy) is 2. The molecule has 17 heavy (non-hydrogen) atoms. The number of carbonyl (C=O) groups excluding carboxylic acids is 1. The standard InChI is InChI=1S/C12H14O5/c1-7-10(16-2)5-4-8(12(7)17-3)9(13)6-11(14)15/h4-5H,6H2,1-3H3,(H,14,15). The van der Waals surface area contributed by atoms with Crippen LogP contribution in [0.25, 0.3) is 0 Å². The van der Waals surface area contributed by atoms with Gasteiger partial charge < -0.3 is 14.6 Å². The van der Waals surface area contributed by atoms with E-state index in [4.69, 9.17) is 14.6 Å². The van der Waals surface area contributed by atoms with Crippen molar-refractivity contribution in [2.45, 2.75) is 13.3 Å². The average Bonchev–Trinajstić information content (AvgIpc) is 2.27.